The molecule has 0 aromatic heterocycles. The first-order chi connectivity index (χ1) is 16.4. The molecule has 1 amide bonds. The van der Waals surface area contributed by atoms with Gasteiger partial charge in [-0.1, -0.05) is 56.3 Å². The van der Waals surface area contributed by atoms with Gasteiger partial charge in [-0.2, -0.15) is 0 Å². The molecule has 0 bridgehead atoms. The van der Waals surface area contributed by atoms with Crippen molar-refractivity contribution in [2.45, 2.75) is 19.9 Å². The summed E-state index contributed by atoms with van der Waals surface area (Å²) in [6.07, 6.45) is 0. The zero-order chi connectivity index (χ0) is 24.2. The Balaban J connectivity index is 1.83. The Labute approximate surface area is 199 Å². The third kappa shape index (κ3) is 4.39. The number of para-hydroxylation sites is 2. The van der Waals surface area contributed by atoms with Crippen LogP contribution in [0.1, 0.15) is 31.0 Å². The fraction of sp³-hybridized carbons (Fsp3) is 0.214. The number of ether oxygens (including phenoxy) is 2. The molecule has 3 aromatic carbocycles. The molecule has 0 radical (unpaired) electrons. The summed E-state index contributed by atoms with van der Waals surface area (Å²) in [6, 6.07) is 22.2. The second-order valence-corrected chi connectivity index (χ2v) is 8.48. The van der Waals surface area contributed by atoms with Crippen LogP contribution in [0.5, 0.6) is 11.5 Å². The topological polar surface area (TPSA) is 76.1 Å². The number of Topliss-reactive ketones (excluding diaryl/α,β-unsaturated/α-hetero) is 1. The van der Waals surface area contributed by atoms with Gasteiger partial charge in [-0.15, -0.1) is 0 Å². The summed E-state index contributed by atoms with van der Waals surface area (Å²) in [6.45, 7) is 4.69. The first-order valence-corrected chi connectivity index (χ1v) is 11.1. The number of aliphatic hydroxyl groups excluding tert-OH is 1. The molecule has 1 saturated heterocycles. The average Bonchev–Trinajstić information content (AvgIpc) is 3.13. The number of amides is 1. The highest BCUT2D eigenvalue weighted by Crippen LogP contribution is 2.44. The standard InChI is InChI=1S/C28H27NO5/c1-18(2)17-34-21-15-13-20(14-16-21)26(30)24-25(19-9-5-4-6-10-19)29(28(32)27(24)31)22-11-7-8-12-23(22)33-3/h4-16,18,25,30H,17H2,1-3H3/b26-24+. The van der Waals surface area contributed by atoms with E-state index in [-0.39, 0.29) is 11.3 Å². The van der Waals surface area contributed by atoms with Crippen molar-refractivity contribution < 1.29 is 24.2 Å². The molecule has 3 aromatic rings. The van der Waals surface area contributed by atoms with Crippen LogP contribution in [-0.2, 0) is 9.59 Å². The van der Waals surface area contributed by atoms with Gasteiger partial charge >= 0.3 is 0 Å². The van der Waals surface area contributed by atoms with Crippen molar-refractivity contribution in [2.24, 2.45) is 5.92 Å². The van der Waals surface area contributed by atoms with Crippen LogP contribution in [0, 0.1) is 5.92 Å². The Morgan fingerprint density at radius 3 is 2.24 bits per heavy atom. The molecule has 1 N–H and O–H groups in total. The summed E-state index contributed by atoms with van der Waals surface area (Å²) in [7, 11) is 1.51. The number of hydrogen-bond acceptors (Lipinski definition) is 5. The highest BCUT2D eigenvalue weighted by atomic mass is 16.5. The second kappa shape index (κ2) is 9.83. The van der Waals surface area contributed by atoms with E-state index < -0.39 is 17.7 Å². The van der Waals surface area contributed by atoms with E-state index in [4.69, 9.17) is 9.47 Å². The van der Waals surface area contributed by atoms with Crippen LogP contribution in [0.25, 0.3) is 5.76 Å². The van der Waals surface area contributed by atoms with Crippen molar-refractivity contribution in [1.29, 1.82) is 0 Å². The number of hydrogen-bond donors (Lipinski definition) is 1. The van der Waals surface area contributed by atoms with E-state index in [1.807, 2.05) is 30.3 Å². The summed E-state index contributed by atoms with van der Waals surface area (Å²) in [5.41, 5.74) is 1.61. The van der Waals surface area contributed by atoms with Crippen LogP contribution in [0.15, 0.2) is 84.4 Å². The molecule has 6 nitrogen and oxygen atoms in total. The van der Waals surface area contributed by atoms with Gasteiger partial charge in [-0.25, -0.2) is 0 Å². The smallest absolute Gasteiger partial charge is 0.300 e. The summed E-state index contributed by atoms with van der Waals surface area (Å²) in [4.78, 5) is 27.9. The molecule has 6 heteroatoms. The predicted octanol–water partition coefficient (Wildman–Crippen LogP) is 5.36. The number of ketones is 1. The Morgan fingerprint density at radius 2 is 1.59 bits per heavy atom. The quantitative estimate of drug-likeness (QED) is 0.294. The van der Waals surface area contributed by atoms with Crippen LogP contribution in [-0.4, -0.2) is 30.5 Å². The molecule has 174 valence electrons. The van der Waals surface area contributed by atoms with Gasteiger partial charge in [-0.05, 0) is 47.9 Å². The normalized spacial score (nSPS) is 17.3. The number of carbonyl (C=O) groups excluding carboxylic acids is 2. The molecule has 0 saturated carbocycles. The number of anilines is 1. The van der Waals surface area contributed by atoms with Crippen molar-refractivity contribution in [3.05, 3.63) is 95.6 Å². The minimum atomic E-state index is -0.811. The van der Waals surface area contributed by atoms with Gasteiger partial charge in [0.15, 0.2) is 0 Å². The lowest BCUT2D eigenvalue weighted by Gasteiger charge is -2.26. The van der Waals surface area contributed by atoms with E-state index in [1.54, 1.807) is 48.5 Å². The monoisotopic (exact) mass is 457 g/mol. The van der Waals surface area contributed by atoms with E-state index in [0.29, 0.717) is 40.8 Å². The van der Waals surface area contributed by atoms with Gasteiger partial charge in [-0.3, -0.25) is 14.5 Å². The van der Waals surface area contributed by atoms with E-state index in [0.717, 1.165) is 0 Å². The molecule has 4 rings (SSSR count). The van der Waals surface area contributed by atoms with Crippen molar-refractivity contribution in [3.63, 3.8) is 0 Å². The SMILES string of the molecule is COc1ccccc1N1C(=O)C(=O)/C(=C(/O)c2ccc(OCC(C)C)cc2)C1c1ccccc1. The molecular weight excluding hydrogens is 430 g/mol. The van der Waals surface area contributed by atoms with Crippen molar-refractivity contribution in [3.8, 4) is 11.5 Å². The zero-order valence-electron chi connectivity index (χ0n) is 19.4. The number of rotatable bonds is 7. The zero-order valence-corrected chi connectivity index (χ0v) is 19.4. The largest absolute Gasteiger partial charge is 0.507 e. The molecule has 1 atom stereocenters. The number of aliphatic hydroxyl groups is 1. The maximum absolute atomic E-state index is 13.3. The van der Waals surface area contributed by atoms with E-state index in [2.05, 4.69) is 13.8 Å². The highest BCUT2D eigenvalue weighted by Gasteiger charge is 2.47. The maximum Gasteiger partial charge on any atom is 0.300 e. The maximum atomic E-state index is 13.3. The van der Waals surface area contributed by atoms with Crippen molar-refractivity contribution in [2.75, 3.05) is 18.6 Å². The molecule has 0 aliphatic carbocycles. The number of carbonyl (C=O) groups is 2. The lowest BCUT2D eigenvalue weighted by molar-refractivity contribution is -0.132. The molecule has 1 aliphatic rings. The second-order valence-electron chi connectivity index (χ2n) is 8.48. The fourth-order valence-corrected chi connectivity index (χ4v) is 3.99. The van der Waals surface area contributed by atoms with Crippen LogP contribution >= 0.6 is 0 Å². The molecule has 1 heterocycles. The van der Waals surface area contributed by atoms with Gasteiger partial charge in [0.05, 0.1) is 31.0 Å². The Bertz CT molecular complexity index is 1220. The number of benzene rings is 3. The fourth-order valence-electron chi connectivity index (χ4n) is 3.99. The summed E-state index contributed by atoms with van der Waals surface area (Å²) in [5.74, 6) is -0.213. The summed E-state index contributed by atoms with van der Waals surface area (Å²) in [5, 5.41) is 11.2. The minimum absolute atomic E-state index is 0.0259. The Hall–Kier alpha value is -4.06. The van der Waals surface area contributed by atoms with Gasteiger partial charge in [0.1, 0.15) is 17.3 Å². The molecule has 1 unspecified atom stereocenters. The third-order valence-corrected chi connectivity index (χ3v) is 5.62. The first-order valence-electron chi connectivity index (χ1n) is 11.1. The highest BCUT2D eigenvalue weighted by molar-refractivity contribution is 6.51. The average molecular weight is 458 g/mol. The first kappa shape index (κ1) is 23.1. The summed E-state index contributed by atoms with van der Waals surface area (Å²) >= 11 is 0. The number of methoxy groups -OCH3 is 1. The molecule has 1 aliphatic heterocycles. The minimum Gasteiger partial charge on any atom is -0.507 e. The summed E-state index contributed by atoms with van der Waals surface area (Å²) < 4.78 is 11.2. The van der Waals surface area contributed by atoms with Crippen LogP contribution in [0.2, 0.25) is 0 Å². The van der Waals surface area contributed by atoms with Crippen molar-refractivity contribution >= 4 is 23.1 Å². The molecule has 0 spiro atoms. The Morgan fingerprint density at radius 1 is 0.941 bits per heavy atom. The van der Waals surface area contributed by atoms with Gasteiger partial charge < -0.3 is 14.6 Å². The third-order valence-electron chi connectivity index (χ3n) is 5.62. The van der Waals surface area contributed by atoms with Gasteiger partial charge in [0.25, 0.3) is 11.7 Å². The van der Waals surface area contributed by atoms with E-state index >= 15 is 0 Å². The lowest BCUT2D eigenvalue weighted by atomic mass is 9.95. The van der Waals surface area contributed by atoms with Crippen LogP contribution < -0.4 is 14.4 Å². The van der Waals surface area contributed by atoms with E-state index in [9.17, 15) is 14.7 Å². The molecular formula is C28H27NO5. The predicted molar refractivity (Wildman–Crippen MR) is 131 cm³/mol. The van der Waals surface area contributed by atoms with E-state index in [1.165, 1.54) is 12.0 Å². The van der Waals surface area contributed by atoms with Crippen molar-refractivity contribution in [1.82, 2.24) is 0 Å². The van der Waals surface area contributed by atoms with Crippen LogP contribution in [0.4, 0.5) is 5.69 Å². The number of nitrogens with zero attached hydrogens (tertiary/aromatic N) is 1. The van der Waals surface area contributed by atoms with Gasteiger partial charge in [0.2, 0.25) is 0 Å². The Kier molecular flexibility index (Phi) is 6.68. The van der Waals surface area contributed by atoms with Crippen LogP contribution in [0.3, 0.4) is 0 Å². The lowest BCUT2D eigenvalue weighted by Crippen LogP contribution is -2.29. The molecule has 1 fully saturated rings. The molecule has 34 heavy (non-hydrogen) atoms. The van der Waals surface area contributed by atoms with Gasteiger partial charge in [0, 0.05) is 5.56 Å².